The summed E-state index contributed by atoms with van der Waals surface area (Å²) in [5.41, 5.74) is 4.56. The van der Waals surface area contributed by atoms with Crippen LogP contribution in [0.1, 0.15) is 36.0 Å². The van der Waals surface area contributed by atoms with Crippen LogP contribution in [0.15, 0.2) is 85.1 Å². The number of hydrogen-bond acceptors (Lipinski definition) is 2. The summed E-state index contributed by atoms with van der Waals surface area (Å²) in [7, 11) is 0. The maximum atomic E-state index is 12.7. The second kappa shape index (κ2) is 9.98. The van der Waals surface area contributed by atoms with Gasteiger partial charge in [-0.2, -0.15) is 0 Å². The van der Waals surface area contributed by atoms with Crippen molar-refractivity contribution in [3.8, 4) is 5.75 Å². The average Bonchev–Trinajstić information content (AvgIpc) is 3.24. The van der Waals surface area contributed by atoms with Gasteiger partial charge in [0, 0.05) is 36.0 Å². The first-order valence-corrected chi connectivity index (χ1v) is 10.8. The molecule has 4 aromatic rings. The number of amides is 1. The van der Waals surface area contributed by atoms with Crippen LogP contribution in [0.5, 0.6) is 5.75 Å². The number of H-pyrrole nitrogens is 1. The topological polar surface area (TPSA) is 54.1 Å². The van der Waals surface area contributed by atoms with Crippen LogP contribution in [0.25, 0.3) is 10.9 Å². The van der Waals surface area contributed by atoms with Crippen LogP contribution in [0, 0.1) is 0 Å². The maximum Gasteiger partial charge on any atom is 0.220 e. The van der Waals surface area contributed by atoms with Crippen molar-refractivity contribution in [1.82, 2.24) is 10.3 Å². The summed E-state index contributed by atoms with van der Waals surface area (Å²) in [6.45, 7) is 3.14. The Balaban J connectivity index is 1.46. The van der Waals surface area contributed by atoms with E-state index < -0.39 is 0 Å². The fourth-order valence-electron chi connectivity index (χ4n) is 4.03. The summed E-state index contributed by atoms with van der Waals surface area (Å²) >= 11 is 0. The molecule has 0 aliphatic heterocycles. The molecular weight excluding hydrogens is 384 g/mol. The van der Waals surface area contributed by atoms with Crippen molar-refractivity contribution in [2.24, 2.45) is 0 Å². The van der Waals surface area contributed by atoms with Crippen molar-refractivity contribution in [1.29, 1.82) is 0 Å². The molecule has 1 atom stereocenters. The van der Waals surface area contributed by atoms with Crippen LogP contribution >= 0.6 is 0 Å². The van der Waals surface area contributed by atoms with Crippen molar-refractivity contribution in [2.75, 3.05) is 13.2 Å². The molecule has 0 saturated heterocycles. The summed E-state index contributed by atoms with van der Waals surface area (Å²) in [5, 5.41) is 4.35. The lowest BCUT2D eigenvalue weighted by Crippen LogP contribution is -2.29. The van der Waals surface area contributed by atoms with E-state index >= 15 is 0 Å². The Morgan fingerprint density at radius 1 is 0.968 bits per heavy atom. The molecule has 31 heavy (non-hydrogen) atoms. The third kappa shape index (κ3) is 4.97. The van der Waals surface area contributed by atoms with Crippen LogP contribution in [-0.2, 0) is 11.2 Å². The molecule has 4 rings (SSSR count). The van der Waals surface area contributed by atoms with Gasteiger partial charge in [-0.05, 0) is 42.2 Å². The van der Waals surface area contributed by atoms with Gasteiger partial charge in [0.05, 0.1) is 6.61 Å². The van der Waals surface area contributed by atoms with Gasteiger partial charge >= 0.3 is 0 Å². The Hall–Kier alpha value is -3.53. The SMILES string of the molecule is CCOc1ccccc1CCC(=O)NCC(c1ccccc1)c1c[nH]c2ccccc12. The van der Waals surface area contributed by atoms with Crippen molar-refractivity contribution in [2.45, 2.75) is 25.7 Å². The molecule has 4 heteroatoms. The highest BCUT2D eigenvalue weighted by molar-refractivity contribution is 5.84. The van der Waals surface area contributed by atoms with Gasteiger partial charge in [0.25, 0.3) is 0 Å². The fraction of sp³-hybridized carbons (Fsp3) is 0.222. The number of benzene rings is 3. The van der Waals surface area contributed by atoms with E-state index in [9.17, 15) is 4.79 Å². The maximum absolute atomic E-state index is 12.7. The number of carbonyl (C=O) groups excluding carboxylic acids is 1. The van der Waals surface area contributed by atoms with Gasteiger partial charge in [-0.25, -0.2) is 0 Å². The highest BCUT2D eigenvalue weighted by atomic mass is 16.5. The molecule has 0 aliphatic rings. The standard InChI is InChI=1S/C27H28N2O2/c1-2-31-26-15-9-6-12-21(26)16-17-27(30)29-18-23(20-10-4-3-5-11-20)24-19-28-25-14-8-7-13-22(24)25/h3-15,19,23,28H,2,16-18H2,1H3,(H,29,30). The number of para-hydroxylation sites is 2. The second-order valence-corrected chi connectivity index (χ2v) is 7.60. The monoisotopic (exact) mass is 412 g/mol. The van der Waals surface area contributed by atoms with Crippen molar-refractivity contribution < 1.29 is 9.53 Å². The van der Waals surface area contributed by atoms with E-state index in [2.05, 4.69) is 46.8 Å². The highest BCUT2D eigenvalue weighted by Gasteiger charge is 2.19. The van der Waals surface area contributed by atoms with Crippen LogP contribution in [0.2, 0.25) is 0 Å². The van der Waals surface area contributed by atoms with E-state index in [0.29, 0.717) is 26.0 Å². The van der Waals surface area contributed by atoms with Crippen molar-refractivity contribution in [3.63, 3.8) is 0 Å². The second-order valence-electron chi connectivity index (χ2n) is 7.60. The zero-order valence-electron chi connectivity index (χ0n) is 17.8. The number of aromatic amines is 1. The Kier molecular flexibility index (Phi) is 6.68. The molecule has 0 bridgehead atoms. The molecule has 0 aliphatic carbocycles. The van der Waals surface area contributed by atoms with Crippen molar-refractivity contribution >= 4 is 16.8 Å². The summed E-state index contributed by atoms with van der Waals surface area (Å²) in [6, 6.07) is 26.6. The zero-order valence-corrected chi connectivity index (χ0v) is 17.8. The molecule has 0 saturated carbocycles. The van der Waals surface area contributed by atoms with Gasteiger partial charge in [0.2, 0.25) is 5.91 Å². The van der Waals surface area contributed by atoms with Crippen LogP contribution in [-0.4, -0.2) is 24.0 Å². The molecule has 0 fully saturated rings. The summed E-state index contributed by atoms with van der Waals surface area (Å²) in [6.07, 6.45) is 3.15. The lowest BCUT2D eigenvalue weighted by molar-refractivity contribution is -0.121. The summed E-state index contributed by atoms with van der Waals surface area (Å²) < 4.78 is 5.68. The fourth-order valence-corrected chi connectivity index (χ4v) is 4.03. The van der Waals surface area contributed by atoms with Gasteiger partial charge in [0.1, 0.15) is 5.75 Å². The van der Waals surface area contributed by atoms with Gasteiger partial charge in [-0.3, -0.25) is 4.79 Å². The third-order valence-corrected chi connectivity index (χ3v) is 5.60. The molecule has 1 heterocycles. The van der Waals surface area contributed by atoms with E-state index in [-0.39, 0.29) is 11.8 Å². The first kappa shape index (κ1) is 20.7. The predicted octanol–water partition coefficient (Wildman–Crippen LogP) is 5.45. The quantitative estimate of drug-likeness (QED) is 0.384. The summed E-state index contributed by atoms with van der Waals surface area (Å²) in [4.78, 5) is 16.1. The van der Waals surface area contributed by atoms with Gasteiger partial charge in [-0.1, -0.05) is 66.7 Å². The largest absolute Gasteiger partial charge is 0.494 e. The molecule has 0 spiro atoms. The minimum atomic E-state index is 0.0482. The Labute approximate surface area is 183 Å². The Bertz CT molecular complexity index is 1130. The van der Waals surface area contributed by atoms with E-state index in [1.165, 1.54) is 16.5 Å². The minimum Gasteiger partial charge on any atom is -0.494 e. The Morgan fingerprint density at radius 3 is 2.55 bits per heavy atom. The molecular formula is C27H28N2O2. The molecule has 1 amide bonds. The molecule has 4 nitrogen and oxygen atoms in total. The first-order valence-electron chi connectivity index (χ1n) is 10.8. The van der Waals surface area contributed by atoms with Gasteiger partial charge in [-0.15, -0.1) is 0 Å². The van der Waals surface area contributed by atoms with Gasteiger partial charge in [0.15, 0.2) is 0 Å². The molecule has 1 aromatic heterocycles. The smallest absolute Gasteiger partial charge is 0.220 e. The van der Waals surface area contributed by atoms with Crippen LogP contribution in [0.3, 0.4) is 0 Å². The lowest BCUT2D eigenvalue weighted by atomic mass is 9.91. The lowest BCUT2D eigenvalue weighted by Gasteiger charge is -2.18. The third-order valence-electron chi connectivity index (χ3n) is 5.60. The molecule has 2 N–H and O–H groups in total. The number of nitrogens with one attached hydrogen (secondary N) is 2. The summed E-state index contributed by atoms with van der Waals surface area (Å²) in [5.74, 6) is 0.989. The molecule has 1 unspecified atom stereocenters. The molecule has 158 valence electrons. The van der Waals surface area contributed by atoms with E-state index in [1.54, 1.807) is 0 Å². The molecule has 3 aromatic carbocycles. The molecule has 0 radical (unpaired) electrons. The normalized spacial score (nSPS) is 11.9. The average molecular weight is 413 g/mol. The van der Waals surface area contributed by atoms with Crippen molar-refractivity contribution in [3.05, 3.63) is 102 Å². The number of carbonyl (C=O) groups is 1. The van der Waals surface area contributed by atoms with E-state index in [4.69, 9.17) is 4.74 Å². The highest BCUT2D eigenvalue weighted by Crippen LogP contribution is 2.30. The number of hydrogen-bond donors (Lipinski definition) is 2. The number of ether oxygens (including phenoxy) is 1. The number of fused-ring (bicyclic) bond motifs is 1. The predicted molar refractivity (Wildman–Crippen MR) is 126 cm³/mol. The van der Waals surface area contributed by atoms with E-state index in [0.717, 1.165) is 16.8 Å². The number of rotatable bonds is 9. The zero-order chi connectivity index (χ0) is 21.5. The Morgan fingerprint density at radius 2 is 1.71 bits per heavy atom. The number of aryl methyl sites for hydroxylation is 1. The first-order chi connectivity index (χ1) is 15.3. The minimum absolute atomic E-state index is 0.0482. The van der Waals surface area contributed by atoms with Crippen LogP contribution < -0.4 is 10.1 Å². The van der Waals surface area contributed by atoms with E-state index in [1.807, 2.05) is 55.5 Å². The van der Waals surface area contributed by atoms with Crippen LogP contribution in [0.4, 0.5) is 0 Å². The van der Waals surface area contributed by atoms with Gasteiger partial charge < -0.3 is 15.0 Å². The number of aromatic nitrogens is 1.